The third-order valence-corrected chi connectivity index (χ3v) is 3.43. The minimum absolute atomic E-state index is 0.445. The van der Waals surface area contributed by atoms with E-state index >= 15 is 0 Å². The fourth-order valence-corrected chi connectivity index (χ4v) is 2.17. The Labute approximate surface area is 128 Å². The Morgan fingerprint density at radius 3 is 2.71 bits per heavy atom. The van der Waals surface area contributed by atoms with Crippen molar-refractivity contribution in [3.63, 3.8) is 0 Å². The van der Waals surface area contributed by atoms with Gasteiger partial charge in [0.05, 0.1) is 11.3 Å². The van der Waals surface area contributed by atoms with Crippen LogP contribution in [-0.2, 0) is 6.54 Å². The number of carbonyl (C=O) groups is 1. The summed E-state index contributed by atoms with van der Waals surface area (Å²) in [5.74, 6) is -0.445. The summed E-state index contributed by atoms with van der Waals surface area (Å²) in [6.07, 6.45) is 0. The zero-order valence-electron chi connectivity index (χ0n) is 11.5. The first-order valence-corrected chi connectivity index (χ1v) is 6.72. The van der Waals surface area contributed by atoms with Crippen molar-refractivity contribution in [1.82, 2.24) is 0 Å². The molecule has 21 heavy (non-hydrogen) atoms. The van der Waals surface area contributed by atoms with Crippen LogP contribution < -0.4 is 11.1 Å². The van der Waals surface area contributed by atoms with Gasteiger partial charge in [0.2, 0.25) is 5.91 Å². The van der Waals surface area contributed by atoms with Gasteiger partial charge in [-0.25, -0.2) is 0 Å². The molecule has 0 atom stereocenters. The van der Waals surface area contributed by atoms with Crippen LogP contribution in [-0.4, -0.2) is 5.91 Å². The second kappa shape index (κ2) is 6.29. The Morgan fingerprint density at radius 1 is 1.33 bits per heavy atom. The molecule has 0 spiro atoms. The summed E-state index contributed by atoms with van der Waals surface area (Å²) in [4.78, 5) is 11.1. The van der Waals surface area contributed by atoms with Crippen LogP contribution in [0.25, 0.3) is 0 Å². The Kier molecular flexibility index (Phi) is 4.46. The summed E-state index contributed by atoms with van der Waals surface area (Å²) in [5, 5.41) is 12.8. The molecule has 0 radical (unpaired) electrons. The minimum atomic E-state index is -0.445. The molecule has 0 fully saturated rings. The fraction of sp³-hybridized carbons (Fsp3) is 0.125. The Hall–Kier alpha value is -2.51. The van der Waals surface area contributed by atoms with Crippen molar-refractivity contribution in [1.29, 1.82) is 5.26 Å². The van der Waals surface area contributed by atoms with Crippen LogP contribution in [0.2, 0.25) is 5.02 Å². The molecule has 0 saturated heterocycles. The molecule has 2 aromatic carbocycles. The van der Waals surface area contributed by atoms with Gasteiger partial charge >= 0.3 is 0 Å². The molecule has 2 aromatic rings. The van der Waals surface area contributed by atoms with Gasteiger partial charge in [-0.3, -0.25) is 4.79 Å². The molecule has 4 nitrogen and oxygen atoms in total. The van der Waals surface area contributed by atoms with E-state index in [1.54, 1.807) is 30.3 Å². The zero-order valence-corrected chi connectivity index (χ0v) is 12.2. The number of aryl methyl sites for hydroxylation is 1. The van der Waals surface area contributed by atoms with E-state index in [4.69, 9.17) is 22.6 Å². The molecule has 0 saturated carbocycles. The molecule has 0 aliphatic heterocycles. The smallest absolute Gasteiger partial charge is 0.248 e. The first-order chi connectivity index (χ1) is 10.0. The monoisotopic (exact) mass is 299 g/mol. The summed E-state index contributed by atoms with van der Waals surface area (Å²) in [6.45, 7) is 2.44. The van der Waals surface area contributed by atoms with E-state index in [9.17, 15) is 4.79 Å². The molecule has 0 unspecified atom stereocenters. The summed E-state index contributed by atoms with van der Waals surface area (Å²) in [6, 6.07) is 12.5. The third-order valence-electron chi connectivity index (χ3n) is 3.20. The number of nitrogens with zero attached hydrogens (tertiary/aromatic N) is 1. The van der Waals surface area contributed by atoms with Crippen molar-refractivity contribution < 1.29 is 4.79 Å². The molecule has 106 valence electrons. The van der Waals surface area contributed by atoms with E-state index in [2.05, 4.69) is 11.4 Å². The Balaban J connectivity index is 2.19. The normalized spacial score (nSPS) is 9.95. The molecule has 1 amide bonds. The number of rotatable bonds is 4. The summed E-state index contributed by atoms with van der Waals surface area (Å²) < 4.78 is 0. The second-order valence-electron chi connectivity index (χ2n) is 4.66. The molecule has 0 aliphatic carbocycles. The highest BCUT2D eigenvalue weighted by molar-refractivity contribution is 6.30. The number of anilines is 1. The number of amides is 1. The van der Waals surface area contributed by atoms with Crippen LogP contribution in [0, 0.1) is 18.3 Å². The van der Waals surface area contributed by atoms with Crippen molar-refractivity contribution >= 4 is 23.2 Å². The van der Waals surface area contributed by atoms with Gasteiger partial charge in [0.25, 0.3) is 0 Å². The van der Waals surface area contributed by atoms with E-state index in [-0.39, 0.29) is 0 Å². The summed E-state index contributed by atoms with van der Waals surface area (Å²) in [7, 11) is 0. The lowest BCUT2D eigenvalue weighted by Gasteiger charge is -2.11. The summed E-state index contributed by atoms with van der Waals surface area (Å²) in [5.41, 5.74) is 8.92. The first-order valence-electron chi connectivity index (χ1n) is 6.34. The fourth-order valence-electron chi connectivity index (χ4n) is 2.00. The van der Waals surface area contributed by atoms with Crippen LogP contribution in [0.3, 0.4) is 0 Å². The maximum atomic E-state index is 11.1. The van der Waals surface area contributed by atoms with Crippen LogP contribution >= 0.6 is 11.6 Å². The standard InChI is InChI=1S/C16H14ClN3O/c1-10-6-11(16(19)21)2-3-13(10)9-20-15-7-14(17)5-4-12(15)8-18/h2-7,20H,9H2,1H3,(H2,19,21). The predicted molar refractivity (Wildman–Crippen MR) is 83.2 cm³/mol. The quantitative estimate of drug-likeness (QED) is 0.909. The molecule has 0 aromatic heterocycles. The van der Waals surface area contributed by atoms with Crippen LogP contribution in [0.5, 0.6) is 0 Å². The van der Waals surface area contributed by atoms with Gasteiger partial charge in [-0.05, 0) is 48.4 Å². The van der Waals surface area contributed by atoms with Crippen LogP contribution in [0.4, 0.5) is 5.69 Å². The van der Waals surface area contributed by atoms with Gasteiger partial charge in [0.15, 0.2) is 0 Å². The van der Waals surface area contributed by atoms with E-state index < -0.39 is 5.91 Å². The van der Waals surface area contributed by atoms with Gasteiger partial charge in [0.1, 0.15) is 6.07 Å². The average Bonchev–Trinajstić information content (AvgIpc) is 2.46. The van der Waals surface area contributed by atoms with Crippen molar-refractivity contribution in [3.8, 4) is 6.07 Å². The summed E-state index contributed by atoms with van der Waals surface area (Å²) >= 11 is 5.94. The second-order valence-corrected chi connectivity index (χ2v) is 5.10. The number of halogens is 1. The molecule has 0 heterocycles. The number of nitriles is 1. The maximum absolute atomic E-state index is 11.1. The highest BCUT2D eigenvalue weighted by atomic mass is 35.5. The van der Waals surface area contributed by atoms with Gasteiger partial charge in [-0.15, -0.1) is 0 Å². The number of primary amides is 1. The third kappa shape index (κ3) is 3.53. The molecular formula is C16H14ClN3O. The Morgan fingerprint density at radius 2 is 2.10 bits per heavy atom. The van der Waals surface area contributed by atoms with Crippen LogP contribution in [0.15, 0.2) is 36.4 Å². The lowest BCUT2D eigenvalue weighted by Crippen LogP contribution is -2.12. The van der Waals surface area contributed by atoms with E-state index in [0.29, 0.717) is 28.4 Å². The lowest BCUT2D eigenvalue weighted by atomic mass is 10.0. The van der Waals surface area contributed by atoms with Crippen molar-refractivity contribution in [2.45, 2.75) is 13.5 Å². The highest BCUT2D eigenvalue weighted by Crippen LogP contribution is 2.21. The predicted octanol–water partition coefficient (Wildman–Crippen LogP) is 3.23. The SMILES string of the molecule is Cc1cc(C(N)=O)ccc1CNc1cc(Cl)ccc1C#N. The number of benzene rings is 2. The first kappa shape index (κ1) is 14.9. The van der Waals surface area contributed by atoms with Crippen LogP contribution in [0.1, 0.15) is 27.0 Å². The minimum Gasteiger partial charge on any atom is -0.380 e. The number of hydrogen-bond acceptors (Lipinski definition) is 3. The van der Waals surface area contributed by atoms with E-state index in [1.807, 2.05) is 13.0 Å². The van der Waals surface area contributed by atoms with Gasteiger partial charge in [-0.2, -0.15) is 5.26 Å². The zero-order chi connectivity index (χ0) is 15.4. The van der Waals surface area contributed by atoms with Gasteiger partial charge in [-0.1, -0.05) is 17.7 Å². The number of nitrogens with one attached hydrogen (secondary N) is 1. The topological polar surface area (TPSA) is 78.9 Å². The lowest BCUT2D eigenvalue weighted by molar-refractivity contribution is 0.1000. The van der Waals surface area contributed by atoms with Gasteiger partial charge in [0, 0.05) is 17.1 Å². The largest absolute Gasteiger partial charge is 0.380 e. The maximum Gasteiger partial charge on any atom is 0.248 e. The average molecular weight is 300 g/mol. The molecule has 5 heteroatoms. The Bertz CT molecular complexity index is 735. The molecule has 0 bridgehead atoms. The molecule has 3 N–H and O–H groups in total. The van der Waals surface area contributed by atoms with Gasteiger partial charge < -0.3 is 11.1 Å². The van der Waals surface area contributed by atoms with Crippen molar-refractivity contribution in [2.75, 3.05) is 5.32 Å². The van der Waals surface area contributed by atoms with Crippen molar-refractivity contribution in [3.05, 3.63) is 63.7 Å². The number of hydrogen-bond donors (Lipinski definition) is 2. The number of carbonyl (C=O) groups excluding carboxylic acids is 1. The number of nitrogens with two attached hydrogens (primary N) is 1. The van der Waals surface area contributed by atoms with E-state index in [1.165, 1.54) is 0 Å². The molecule has 2 rings (SSSR count). The van der Waals surface area contributed by atoms with Crippen molar-refractivity contribution in [2.24, 2.45) is 5.73 Å². The highest BCUT2D eigenvalue weighted by Gasteiger charge is 2.06. The molecular weight excluding hydrogens is 286 g/mol. The molecule has 0 aliphatic rings. The van der Waals surface area contributed by atoms with E-state index in [0.717, 1.165) is 11.1 Å².